The molecule has 1 aromatic carbocycles. The molecule has 0 bridgehead atoms. The number of nitrogens with one attached hydrogen (secondary N) is 1. The summed E-state index contributed by atoms with van der Waals surface area (Å²) in [5.41, 5.74) is 4.11. The molecule has 1 N–H and O–H groups in total. The number of amides is 1. The Balaban J connectivity index is 1.69. The molecule has 1 fully saturated rings. The molecule has 0 radical (unpaired) electrons. The highest BCUT2D eigenvalue weighted by molar-refractivity contribution is 5.93. The van der Waals surface area contributed by atoms with Crippen molar-refractivity contribution in [2.24, 2.45) is 0 Å². The maximum absolute atomic E-state index is 12.6. The summed E-state index contributed by atoms with van der Waals surface area (Å²) in [6, 6.07) is 8.26. The monoisotopic (exact) mass is 327 g/mol. The van der Waals surface area contributed by atoms with Gasteiger partial charge in [0.15, 0.2) is 5.76 Å². The van der Waals surface area contributed by atoms with Crippen LogP contribution in [0.3, 0.4) is 0 Å². The quantitative estimate of drug-likeness (QED) is 0.911. The normalized spacial score (nSPS) is 18.0. The van der Waals surface area contributed by atoms with Crippen LogP contribution < -0.4 is 5.32 Å². The van der Waals surface area contributed by atoms with Gasteiger partial charge in [-0.1, -0.05) is 30.3 Å². The summed E-state index contributed by atoms with van der Waals surface area (Å²) in [7, 11) is 0. The maximum Gasteiger partial charge on any atom is 0.238 e. The van der Waals surface area contributed by atoms with Crippen LogP contribution >= 0.6 is 0 Å². The van der Waals surface area contributed by atoms with Gasteiger partial charge in [-0.3, -0.25) is 9.69 Å². The van der Waals surface area contributed by atoms with Crippen LogP contribution in [0.5, 0.6) is 0 Å². The number of para-hydroxylation sites is 1. The van der Waals surface area contributed by atoms with Crippen LogP contribution in [-0.2, 0) is 11.2 Å². The lowest BCUT2D eigenvalue weighted by Crippen LogP contribution is -2.33. The fourth-order valence-corrected chi connectivity index (χ4v) is 3.44. The molecular formula is C19H25N3O2. The Bertz CT molecular complexity index is 723. The number of aromatic nitrogens is 1. The Morgan fingerprint density at radius 2 is 2.25 bits per heavy atom. The number of hydrogen-bond acceptors (Lipinski definition) is 4. The molecule has 5 nitrogen and oxygen atoms in total. The number of carbonyl (C=O) groups excluding carboxylic acids is 1. The van der Waals surface area contributed by atoms with E-state index in [0.717, 1.165) is 48.5 Å². The van der Waals surface area contributed by atoms with Crippen molar-refractivity contribution in [3.8, 4) is 0 Å². The van der Waals surface area contributed by atoms with Gasteiger partial charge in [0.2, 0.25) is 5.91 Å². The summed E-state index contributed by atoms with van der Waals surface area (Å²) in [6.45, 7) is 7.34. The van der Waals surface area contributed by atoms with Gasteiger partial charge >= 0.3 is 0 Å². The predicted octanol–water partition coefficient (Wildman–Crippen LogP) is 3.63. The first-order valence-corrected chi connectivity index (χ1v) is 8.64. The largest absolute Gasteiger partial charge is 0.359 e. The van der Waals surface area contributed by atoms with E-state index in [-0.39, 0.29) is 11.9 Å². The van der Waals surface area contributed by atoms with Gasteiger partial charge in [0.1, 0.15) is 0 Å². The Labute approximate surface area is 143 Å². The first kappa shape index (κ1) is 16.7. The van der Waals surface area contributed by atoms with Crippen LogP contribution in [0.25, 0.3) is 0 Å². The number of rotatable bonds is 5. The number of aryl methyl sites for hydroxylation is 3. The molecule has 0 unspecified atom stereocenters. The highest BCUT2D eigenvalue weighted by atomic mass is 16.5. The molecule has 5 heteroatoms. The van der Waals surface area contributed by atoms with Crippen molar-refractivity contribution in [2.45, 2.75) is 46.1 Å². The van der Waals surface area contributed by atoms with E-state index in [9.17, 15) is 4.79 Å². The Hall–Kier alpha value is -2.14. The van der Waals surface area contributed by atoms with Crippen LogP contribution in [0.2, 0.25) is 0 Å². The fourth-order valence-electron chi connectivity index (χ4n) is 3.44. The summed E-state index contributed by atoms with van der Waals surface area (Å²) in [4.78, 5) is 14.8. The van der Waals surface area contributed by atoms with E-state index in [2.05, 4.69) is 28.4 Å². The van der Waals surface area contributed by atoms with Gasteiger partial charge in [-0.05, 0) is 50.8 Å². The average molecular weight is 327 g/mol. The zero-order chi connectivity index (χ0) is 17.1. The standard InChI is InChI=1S/C19H25N3O2/c1-4-15-8-5-7-13(2)19(15)20-18(23)12-22-10-6-9-16(22)17-11-14(3)21-24-17/h5,7-8,11,16H,4,6,9-10,12H2,1-3H3,(H,20,23)/t16-/m1/s1. The van der Waals surface area contributed by atoms with E-state index in [1.54, 1.807) is 0 Å². The summed E-state index contributed by atoms with van der Waals surface area (Å²) in [5, 5.41) is 7.08. The molecule has 3 rings (SSSR count). The van der Waals surface area contributed by atoms with Gasteiger partial charge in [0, 0.05) is 11.8 Å². The Morgan fingerprint density at radius 1 is 1.42 bits per heavy atom. The fraction of sp³-hybridized carbons (Fsp3) is 0.474. The minimum Gasteiger partial charge on any atom is -0.359 e. The van der Waals surface area contributed by atoms with E-state index in [1.165, 1.54) is 5.56 Å². The molecule has 2 aromatic rings. The molecule has 1 atom stereocenters. The van der Waals surface area contributed by atoms with Crippen LogP contribution in [0.1, 0.15) is 48.4 Å². The minimum absolute atomic E-state index is 0.0298. The Morgan fingerprint density at radius 3 is 2.96 bits per heavy atom. The van der Waals surface area contributed by atoms with Crippen molar-refractivity contribution in [1.82, 2.24) is 10.1 Å². The molecule has 1 aromatic heterocycles. The molecule has 1 amide bonds. The zero-order valence-electron chi connectivity index (χ0n) is 14.6. The first-order valence-electron chi connectivity index (χ1n) is 8.64. The van der Waals surface area contributed by atoms with E-state index >= 15 is 0 Å². The van der Waals surface area contributed by atoms with Crippen molar-refractivity contribution in [1.29, 1.82) is 0 Å². The third-order valence-electron chi connectivity index (χ3n) is 4.69. The van der Waals surface area contributed by atoms with Crippen LogP contribution in [0.4, 0.5) is 5.69 Å². The zero-order valence-corrected chi connectivity index (χ0v) is 14.6. The average Bonchev–Trinajstić information content (AvgIpc) is 3.18. The van der Waals surface area contributed by atoms with Crippen molar-refractivity contribution in [2.75, 3.05) is 18.4 Å². The van der Waals surface area contributed by atoms with E-state index in [0.29, 0.717) is 6.54 Å². The molecule has 1 aliphatic heterocycles. The van der Waals surface area contributed by atoms with E-state index < -0.39 is 0 Å². The lowest BCUT2D eigenvalue weighted by Gasteiger charge is -2.22. The van der Waals surface area contributed by atoms with Gasteiger partial charge in [0.25, 0.3) is 0 Å². The third kappa shape index (κ3) is 3.51. The van der Waals surface area contributed by atoms with Crippen molar-refractivity contribution < 1.29 is 9.32 Å². The van der Waals surface area contributed by atoms with Gasteiger partial charge in [-0.2, -0.15) is 0 Å². The number of hydrogen-bond donors (Lipinski definition) is 1. The molecule has 24 heavy (non-hydrogen) atoms. The van der Waals surface area contributed by atoms with E-state index in [1.807, 2.05) is 32.0 Å². The highest BCUT2D eigenvalue weighted by Crippen LogP contribution is 2.32. The SMILES string of the molecule is CCc1cccc(C)c1NC(=O)CN1CCC[C@@H]1c1cc(C)no1. The van der Waals surface area contributed by atoms with Gasteiger partial charge in [-0.25, -0.2) is 0 Å². The number of anilines is 1. The molecule has 0 spiro atoms. The lowest BCUT2D eigenvalue weighted by molar-refractivity contribution is -0.117. The van der Waals surface area contributed by atoms with Crippen LogP contribution in [-0.4, -0.2) is 29.1 Å². The number of likely N-dealkylation sites (tertiary alicyclic amines) is 1. The summed E-state index contributed by atoms with van der Waals surface area (Å²) >= 11 is 0. The van der Waals surface area contributed by atoms with Gasteiger partial charge < -0.3 is 9.84 Å². The minimum atomic E-state index is 0.0298. The van der Waals surface area contributed by atoms with Crippen LogP contribution in [0, 0.1) is 13.8 Å². The second kappa shape index (κ2) is 7.18. The number of carbonyl (C=O) groups is 1. The number of nitrogens with zero attached hydrogens (tertiary/aromatic N) is 2. The smallest absolute Gasteiger partial charge is 0.238 e. The Kier molecular flexibility index (Phi) is 5.00. The summed E-state index contributed by atoms with van der Waals surface area (Å²) in [5.74, 6) is 0.894. The topological polar surface area (TPSA) is 58.4 Å². The van der Waals surface area contributed by atoms with Crippen LogP contribution in [0.15, 0.2) is 28.8 Å². The van der Waals surface area contributed by atoms with Crippen molar-refractivity contribution in [3.63, 3.8) is 0 Å². The van der Waals surface area contributed by atoms with Gasteiger partial charge in [0.05, 0.1) is 18.3 Å². The summed E-state index contributed by atoms with van der Waals surface area (Å²) in [6.07, 6.45) is 2.98. The molecule has 2 heterocycles. The number of benzene rings is 1. The first-order chi connectivity index (χ1) is 11.6. The highest BCUT2D eigenvalue weighted by Gasteiger charge is 2.30. The molecule has 0 aliphatic carbocycles. The maximum atomic E-state index is 12.6. The molecule has 0 saturated carbocycles. The lowest BCUT2D eigenvalue weighted by atomic mass is 10.1. The second-order valence-corrected chi connectivity index (χ2v) is 6.51. The van der Waals surface area contributed by atoms with Crippen molar-refractivity contribution in [3.05, 3.63) is 46.8 Å². The second-order valence-electron chi connectivity index (χ2n) is 6.51. The van der Waals surface area contributed by atoms with E-state index in [4.69, 9.17) is 4.52 Å². The molecule has 1 aliphatic rings. The molecular weight excluding hydrogens is 302 g/mol. The van der Waals surface area contributed by atoms with Crippen molar-refractivity contribution >= 4 is 11.6 Å². The third-order valence-corrected chi connectivity index (χ3v) is 4.69. The molecule has 1 saturated heterocycles. The summed E-state index contributed by atoms with van der Waals surface area (Å²) < 4.78 is 5.41. The van der Waals surface area contributed by atoms with Gasteiger partial charge in [-0.15, -0.1) is 0 Å². The molecule has 128 valence electrons. The predicted molar refractivity (Wildman–Crippen MR) is 94.0 cm³/mol.